The molecule has 0 nitrogen and oxygen atoms in total. The van der Waals surface area contributed by atoms with Gasteiger partial charge < -0.3 is 6.92 Å². The number of hydrogen-bond acceptors (Lipinski definition) is 0. The maximum Gasteiger partial charge on any atom is 2.00 e. The van der Waals surface area contributed by atoms with Gasteiger partial charge in [0.15, 0.2) is 0 Å². The molecule has 0 N–H and O–H groups in total. The third-order valence-electron chi connectivity index (χ3n) is 1.87. The molecule has 0 fully saturated rings. The molecule has 2 aliphatic carbocycles. The molecule has 2 atom stereocenters. The van der Waals surface area contributed by atoms with Gasteiger partial charge in [-0.2, -0.15) is 5.92 Å². The molecule has 1 heteroatoms. The van der Waals surface area contributed by atoms with Gasteiger partial charge in [-0.05, 0) is 0 Å². The van der Waals surface area contributed by atoms with E-state index in [0.717, 1.165) is 0 Å². The van der Waals surface area contributed by atoms with E-state index in [1.165, 1.54) is 5.57 Å². The van der Waals surface area contributed by atoms with Crippen molar-refractivity contribution >= 4 is 0 Å². The summed E-state index contributed by atoms with van der Waals surface area (Å²) in [7, 11) is 0. The monoisotopic (exact) mass is 300 g/mol. The Morgan fingerprint density at radius 2 is 2.30 bits per heavy atom. The Labute approximate surface area is 76.0 Å². The summed E-state index contributed by atoms with van der Waals surface area (Å²) in [6.07, 6.45) is 11.6. The molecule has 0 heterocycles. The third-order valence-corrected chi connectivity index (χ3v) is 1.87. The van der Waals surface area contributed by atoms with Gasteiger partial charge in [-0.3, -0.25) is 6.08 Å². The van der Waals surface area contributed by atoms with Crippen molar-refractivity contribution < 1.29 is 21.1 Å². The first-order valence-corrected chi connectivity index (χ1v) is 3.18. The van der Waals surface area contributed by atoms with Crippen molar-refractivity contribution in [1.82, 2.24) is 0 Å². The van der Waals surface area contributed by atoms with E-state index in [-0.39, 0.29) is 21.1 Å². The fourth-order valence-electron chi connectivity index (χ4n) is 1.32. The van der Waals surface area contributed by atoms with Crippen molar-refractivity contribution in [2.45, 2.75) is 0 Å². The van der Waals surface area contributed by atoms with Gasteiger partial charge in [0, 0.05) is 0 Å². The Hall–Kier alpha value is -0.0917. The van der Waals surface area contributed by atoms with Crippen LogP contribution >= 0.6 is 0 Å². The number of hydrogen-bond donors (Lipinski definition) is 0. The van der Waals surface area contributed by atoms with Crippen molar-refractivity contribution in [2.24, 2.45) is 11.8 Å². The van der Waals surface area contributed by atoms with Crippen molar-refractivity contribution in [3.05, 3.63) is 42.9 Å². The van der Waals surface area contributed by atoms with Crippen LogP contribution in [0.3, 0.4) is 0 Å². The van der Waals surface area contributed by atoms with Gasteiger partial charge in [-0.1, -0.05) is 6.08 Å². The van der Waals surface area contributed by atoms with Crippen molar-refractivity contribution in [3.63, 3.8) is 0 Å². The second-order valence-corrected chi connectivity index (χ2v) is 2.50. The number of allylic oxidation sites excluding steroid dienone is 6. The number of rotatable bonds is 0. The molecule has 0 aromatic rings. The Morgan fingerprint density at radius 1 is 1.50 bits per heavy atom. The minimum atomic E-state index is 0. The molecule has 2 aliphatic rings. The molecule has 0 saturated carbocycles. The predicted octanol–water partition coefficient (Wildman–Crippen LogP) is 1.92. The maximum atomic E-state index is 3.97. The molecular formula is C9H8W. The summed E-state index contributed by atoms with van der Waals surface area (Å²) >= 11 is 0. The zero-order valence-electron chi connectivity index (χ0n) is 5.58. The van der Waals surface area contributed by atoms with Gasteiger partial charge in [-0.15, -0.1) is 17.6 Å². The fraction of sp³-hybridized carbons (Fsp3) is 0.222. The van der Waals surface area contributed by atoms with Crippen LogP contribution < -0.4 is 0 Å². The van der Waals surface area contributed by atoms with Gasteiger partial charge in [0.25, 0.3) is 0 Å². The van der Waals surface area contributed by atoms with Crippen molar-refractivity contribution in [1.29, 1.82) is 0 Å². The molecule has 0 bridgehead atoms. The van der Waals surface area contributed by atoms with Crippen LogP contribution in [0.1, 0.15) is 0 Å². The second kappa shape index (κ2) is 2.88. The Bertz CT molecular complexity index is 211. The topological polar surface area (TPSA) is 0 Å². The number of fused-ring (bicyclic) bond motifs is 1. The molecule has 0 aromatic heterocycles. The summed E-state index contributed by atoms with van der Waals surface area (Å²) in [5.41, 5.74) is 1.37. The van der Waals surface area contributed by atoms with E-state index in [0.29, 0.717) is 11.8 Å². The summed E-state index contributed by atoms with van der Waals surface area (Å²) in [6.45, 7) is 3.97. The molecule has 0 amide bonds. The summed E-state index contributed by atoms with van der Waals surface area (Å²) < 4.78 is 0. The van der Waals surface area contributed by atoms with Gasteiger partial charge in [-0.25, -0.2) is 12.2 Å². The zero-order valence-corrected chi connectivity index (χ0v) is 8.51. The summed E-state index contributed by atoms with van der Waals surface area (Å²) in [6, 6.07) is 0. The smallest absolute Gasteiger partial charge is 0.337 e. The van der Waals surface area contributed by atoms with Crippen LogP contribution in [0.25, 0.3) is 0 Å². The summed E-state index contributed by atoms with van der Waals surface area (Å²) in [5, 5.41) is 0. The Kier molecular flexibility index (Phi) is 2.31. The van der Waals surface area contributed by atoms with Gasteiger partial charge >= 0.3 is 21.1 Å². The van der Waals surface area contributed by atoms with E-state index >= 15 is 0 Å². The molecule has 2 unspecified atom stereocenters. The first-order chi connectivity index (χ1) is 4.38. The van der Waals surface area contributed by atoms with Crippen LogP contribution in [-0.2, 0) is 21.1 Å². The molecule has 10 heavy (non-hydrogen) atoms. The average molecular weight is 300 g/mol. The van der Waals surface area contributed by atoms with Gasteiger partial charge in [0.05, 0.1) is 0 Å². The van der Waals surface area contributed by atoms with E-state index in [1.807, 2.05) is 6.08 Å². The minimum Gasteiger partial charge on any atom is -0.337 e. The average Bonchev–Trinajstić information content (AvgIpc) is 2.35. The quantitative estimate of drug-likeness (QED) is 0.600. The van der Waals surface area contributed by atoms with Crippen molar-refractivity contribution in [2.75, 3.05) is 0 Å². The van der Waals surface area contributed by atoms with E-state index < -0.39 is 0 Å². The minimum absolute atomic E-state index is 0. The van der Waals surface area contributed by atoms with Crippen LogP contribution in [0.2, 0.25) is 0 Å². The van der Waals surface area contributed by atoms with E-state index in [1.54, 1.807) is 0 Å². The summed E-state index contributed by atoms with van der Waals surface area (Å²) in [5.74, 6) is 0.903. The van der Waals surface area contributed by atoms with Gasteiger partial charge in [0.2, 0.25) is 0 Å². The van der Waals surface area contributed by atoms with Crippen molar-refractivity contribution in [3.8, 4) is 0 Å². The molecule has 0 aromatic carbocycles. The molecule has 2 rings (SSSR count). The first-order valence-electron chi connectivity index (χ1n) is 3.18. The van der Waals surface area contributed by atoms with Gasteiger partial charge in [0.1, 0.15) is 0 Å². The SMILES string of the molecule is [CH2-]C1C=CC2=CC=[C-]C21.[W+2]. The van der Waals surface area contributed by atoms with Crippen LogP contribution in [0, 0.1) is 24.8 Å². The summed E-state index contributed by atoms with van der Waals surface area (Å²) in [4.78, 5) is 0. The normalized spacial score (nSPS) is 33.5. The van der Waals surface area contributed by atoms with Crippen LogP contribution in [-0.4, -0.2) is 0 Å². The largest absolute Gasteiger partial charge is 2.00 e. The Morgan fingerprint density at radius 3 is 3.00 bits per heavy atom. The third kappa shape index (κ3) is 1.06. The maximum absolute atomic E-state index is 3.97. The molecular weight excluding hydrogens is 292 g/mol. The fourth-order valence-corrected chi connectivity index (χ4v) is 1.32. The van der Waals surface area contributed by atoms with Crippen LogP contribution in [0.4, 0.5) is 0 Å². The predicted molar refractivity (Wildman–Crippen MR) is 37.4 cm³/mol. The molecule has 0 radical (unpaired) electrons. The second-order valence-electron chi connectivity index (χ2n) is 2.50. The van der Waals surface area contributed by atoms with Crippen LogP contribution in [0.15, 0.2) is 29.9 Å². The Balaban J connectivity index is 0.000000500. The standard InChI is InChI=1S/C9H8.W/c1-7-5-6-8-3-2-4-9(7)8;/h2-3,5-7,9H,1H2;/q-2;+2. The van der Waals surface area contributed by atoms with Crippen LogP contribution in [0.5, 0.6) is 0 Å². The zero-order chi connectivity index (χ0) is 6.27. The molecule has 0 saturated heterocycles. The molecule has 50 valence electrons. The first kappa shape index (κ1) is 8.01. The molecule has 0 spiro atoms. The molecule has 0 aliphatic heterocycles. The van der Waals surface area contributed by atoms with E-state index in [9.17, 15) is 0 Å². The van der Waals surface area contributed by atoms with E-state index in [2.05, 4.69) is 31.2 Å². The van der Waals surface area contributed by atoms with E-state index in [4.69, 9.17) is 0 Å².